The van der Waals surface area contributed by atoms with Gasteiger partial charge < -0.3 is 0 Å². The molecule has 0 aromatic heterocycles. The molecule has 1 saturated heterocycles. The maximum atomic E-state index is 11.5. The van der Waals surface area contributed by atoms with Crippen molar-refractivity contribution in [2.24, 2.45) is 5.92 Å². The summed E-state index contributed by atoms with van der Waals surface area (Å²) in [6.45, 7) is 4.62. The number of thioether (sulfide) groups is 1. The zero-order valence-electron chi connectivity index (χ0n) is 7.37. The lowest BCUT2D eigenvalue weighted by Crippen LogP contribution is -2.40. The quantitative estimate of drug-likeness (QED) is 0.607. The molecule has 0 saturated carbocycles. The Hall–Kier alpha value is -0.0900. The molecule has 0 bridgehead atoms. The normalized spacial score (nSPS) is 18.6. The molecule has 0 aliphatic carbocycles. The average molecular weight is 203 g/mol. The zero-order valence-corrected chi connectivity index (χ0v) is 9.00. The van der Waals surface area contributed by atoms with Gasteiger partial charge in [-0.25, -0.2) is 0 Å². The summed E-state index contributed by atoms with van der Waals surface area (Å²) in [5, 5.41) is 0. The topological polar surface area (TPSA) is 20.3 Å². The fourth-order valence-electron chi connectivity index (χ4n) is 1.06. The lowest BCUT2D eigenvalue weighted by Gasteiger charge is -2.28. The van der Waals surface area contributed by atoms with E-state index in [0.717, 1.165) is 23.0 Å². The number of carbonyl (C=O) groups excluding carboxylic acids is 1. The minimum Gasteiger partial charge on any atom is -0.298 e. The number of hydrogen-bond donors (Lipinski definition) is 0. The van der Waals surface area contributed by atoms with Gasteiger partial charge in [-0.05, 0) is 6.42 Å². The first-order valence-electron chi connectivity index (χ1n) is 4.11. The van der Waals surface area contributed by atoms with Gasteiger partial charge in [-0.1, -0.05) is 37.8 Å². The van der Waals surface area contributed by atoms with Crippen LogP contribution in [0.15, 0.2) is 0 Å². The molecule has 68 valence electrons. The maximum Gasteiger partial charge on any atom is 0.230 e. The second kappa shape index (κ2) is 4.23. The van der Waals surface area contributed by atoms with Crippen molar-refractivity contribution in [3.8, 4) is 0 Å². The van der Waals surface area contributed by atoms with Gasteiger partial charge in [0.05, 0.1) is 0 Å². The van der Waals surface area contributed by atoms with Crippen LogP contribution in [0.1, 0.15) is 20.3 Å². The highest BCUT2D eigenvalue weighted by Crippen LogP contribution is 2.19. The van der Waals surface area contributed by atoms with E-state index in [1.54, 1.807) is 16.7 Å². The molecule has 0 atom stereocenters. The number of hydrogen-bond acceptors (Lipinski definition) is 3. The highest BCUT2D eigenvalue weighted by Gasteiger charge is 2.23. The first-order chi connectivity index (χ1) is 5.63. The van der Waals surface area contributed by atoms with E-state index in [1.807, 2.05) is 13.8 Å². The van der Waals surface area contributed by atoms with Crippen molar-refractivity contribution in [1.82, 2.24) is 4.90 Å². The van der Waals surface area contributed by atoms with E-state index in [2.05, 4.69) is 0 Å². The first kappa shape index (κ1) is 9.99. The summed E-state index contributed by atoms with van der Waals surface area (Å²) in [5.74, 6) is 1.27. The summed E-state index contributed by atoms with van der Waals surface area (Å²) < 4.78 is 0.750. The van der Waals surface area contributed by atoms with Crippen molar-refractivity contribution in [3.05, 3.63) is 0 Å². The Kier molecular flexibility index (Phi) is 3.53. The second-order valence-electron chi connectivity index (χ2n) is 3.11. The van der Waals surface area contributed by atoms with Crippen LogP contribution in [0.5, 0.6) is 0 Å². The summed E-state index contributed by atoms with van der Waals surface area (Å²) in [4.78, 5) is 13.3. The van der Waals surface area contributed by atoms with Crippen LogP contribution in [0.25, 0.3) is 0 Å². The molecule has 0 N–H and O–H groups in total. The number of nitrogens with zero attached hydrogens (tertiary/aromatic N) is 1. The van der Waals surface area contributed by atoms with Crippen molar-refractivity contribution in [3.63, 3.8) is 0 Å². The van der Waals surface area contributed by atoms with Gasteiger partial charge in [0.1, 0.15) is 4.32 Å². The van der Waals surface area contributed by atoms with Gasteiger partial charge in [0.2, 0.25) is 5.91 Å². The summed E-state index contributed by atoms with van der Waals surface area (Å²) in [6, 6.07) is 0. The third-order valence-electron chi connectivity index (χ3n) is 1.73. The molecule has 0 spiro atoms. The van der Waals surface area contributed by atoms with E-state index in [9.17, 15) is 4.79 Å². The van der Waals surface area contributed by atoms with Gasteiger partial charge in [0.25, 0.3) is 0 Å². The van der Waals surface area contributed by atoms with Crippen LogP contribution >= 0.6 is 24.0 Å². The Labute approximate surface area is 82.7 Å². The fourth-order valence-corrected chi connectivity index (χ4v) is 2.28. The number of carbonyl (C=O) groups is 1. The van der Waals surface area contributed by atoms with E-state index in [-0.39, 0.29) is 11.8 Å². The Morgan fingerprint density at radius 3 is 2.83 bits per heavy atom. The first-order valence-corrected chi connectivity index (χ1v) is 5.50. The largest absolute Gasteiger partial charge is 0.298 e. The molecular weight excluding hydrogens is 190 g/mol. The summed E-state index contributed by atoms with van der Waals surface area (Å²) in [5.41, 5.74) is 0. The third kappa shape index (κ3) is 2.20. The molecule has 0 radical (unpaired) electrons. The smallest absolute Gasteiger partial charge is 0.230 e. The van der Waals surface area contributed by atoms with Gasteiger partial charge in [-0.2, -0.15) is 0 Å². The van der Waals surface area contributed by atoms with E-state index >= 15 is 0 Å². The Balaban J connectivity index is 2.60. The standard InChI is InChI=1S/C8H13NOS2/c1-6(2)7(10)9-4-3-5-12-8(9)11/h6H,3-5H2,1-2H3. The van der Waals surface area contributed by atoms with E-state index < -0.39 is 0 Å². The van der Waals surface area contributed by atoms with Crippen molar-refractivity contribution in [1.29, 1.82) is 0 Å². The maximum absolute atomic E-state index is 11.5. The van der Waals surface area contributed by atoms with Crippen LogP contribution in [0.2, 0.25) is 0 Å². The molecule has 1 rings (SSSR count). The van der Waals surface area contributed by atoms with Crippen molar-refractivity contribution in [2.75, 3.05) is 12.3 Å². The predicted octanol–water partition coefficient (Wildman–Crippen LogP) is 1.89. The van der Waals surface area contributed by atoms with E-state index in [1.165, 1.54) is 0 Å². The number of amides is 1. The minimum absolute atomic E-state index is 0.0571. The average Bonchev–Trinajstić information content (AvgIpc) is 2.04. The second-order valence-corrected chi connectivity index (χ2v) is 4.84. The minimum atomic E-state index is 0.0571. The monoisotopic (exact) mass is 203 g/mol. The van der Waals surface area contributed by atoms with Gasteiger partial charge in [0.15, 0.2) is 0 Å². The molecule has 4 heteroatoms. The van der Waals surface area contributed by atoms with Crippen LogP contribution in [0, 0.1) is 5.92 Å². The zero-order chi connectivity index (χ0) is 9.14. The van der Waals surface area contributed by atoms with Crippen molar-refractivity contribution >= 4 is 34.2 Å². The van der Waals surface area contributed by atoms with E-state index in [0.29, 0.717) is 0 Å². The van der Waals surface area contributed by atoms with Crippen LogP contribution in [0.4, 0.5) is 0 Å². The number of thiocarbonyl (C=S) groups is 1. The predicted molar refractivity (Wildman–Crippen MR) is 56.2 cm³/mol. The lowest BCUT2D eigenvalue weighted by molar-refractivity contribution is -0.130. The number of rotatable bonds is 1. The molecule has 1 heterocycles. The fraction of sp³-hybridized carbons (Fsp3) is 0.750. The summed E-state index contributed by atoms with van der Waals surface area (Å²) >= 11 is 6.70. The summed E-state index contributed by atoms with van der Waals surface area (Å²) in [7, 11) is 0. The van der Waals surface area contributed by atoms with E-state index in [4.69, 9.17) is 12.2 Å². The van der Waals surface area contributed by atoms with Gasteiger partial charge in [-0.3, -0.25) is 9.69 Å². The molecule has 0 unspecified atom stereocenters. The lowest BCUT2D eigenvalue weighted by atomic mass is 10.2. The van der Waals surface area contributed by atoms with Gasteiger partial charge >= 0.3 is 0 Å². The molecule has 0 aromatic rings. The Bertz CT molecular complexity index is 203. The SMILES string of the molecule is CC(C)C(=O)N1CCCSC1=S. The van der Waals surface area contributed by atoms with Crippen LogP contribution in [0.3, 0.4) is 0 Å². The van der Waals surface area contributed by atoms with Crippen LogP contribution < -0.4 is 0 Å². The third-order valence-corrected chi connectivity index (χ3v) is 3.27. The molecule has 1 amide bonds. The highest BCUT2D eigenvalue weighted by atomic mass is 32.2. The molecule has 0 aromatic carbocycles. The highest BCUT2D eigenvalue weighted by molar-refractivity contribution is 8.23. The van der Waals surface area contributed by atoms with Gasteiger partial charge in [0, 0.05) is 18.2 Å². The Morgan fingerprint density at radius 1 is 1.67 bits per heavy atom. The van der Waals surface area contributed by atoms with Crippen molar-refractivity contribution in [2.45, 2.75) is 20.3 Å². The van der Waals surface area contributed by atoms with Gasteiger partial charge in [-0.15, -0.1) is 0 Å². The van der Waals surface area contributed by atoms with Crippen LogP contribution in [-0.4, -0.2) is 27.4 Å². The molecular formula is C8H13NOS2. The molecule has 1 aliphatic heterocycles. The van der Waals surface area contributed by atoms with Crippen molar-refractivity contribution < 1.29 is 4.79 Å². The molecule has 1 aliphatic rings. The molecule has 12 heavy (non-hydrogen) atoms. The molecule has 2 nitrogen and oxygen atoms in total. The van der Waals surface area contributed by atoms with Crippen LogP contribution in [-0.2, 0) is 4.79 Å². The summed E-state index contributed by atoms with van der Waals surface area (Å²) in [6.07, 6.45) is 1.06. The Morgan fingerprint density at radius 2 is 2.33 bits per heavy atom. The molecule has 1 fully saturated rings.